The van der Waals surface area contributed by atoms with Crippen molar-refractivity contribution < 1.29 is 23.8 Å². The van der Waals surface area contributed by atoms with Crippen molar-refractivity contribution in [3.05, 3.63) is 64.7 Å². The second-order valence-corrected chi connectivity index (χ2v) is 10.8. The SMILES string of the molecule is CN1C2CCC1C(C(=O)OCCc1ccc(NC(=O)COCCOCCS)cc1)C(c1ccc(Cl)cc1)C2. The first-order valence-electron chi connectivity index (χ1n) is 13.3. The molecule has 2 aliphatic heterocycles. The van der Waals surface area contributed by atoms with Gasteiger partial charge >= 0.3 is 5.97 Å². The number of thiol groups is 1. The molecule has 2 saturated heterocycles. The zero-order valence-corrected chi connectivity index (χ0v) is 23.5. The third kappa shape index (κ3) is 7.73. The summed E-state index contributed by atoms with van der Waals surface area (Å²) in [5.41, 5.74) is 2.88. The minimum absolute atomic E-state index is 0.0307. The van der Waals surface area contributed by atoms with E-state index in [9.17, 15) is 9.59 Å². The van der Waals surface area contributed by atoms with Crippen molar-refractivity contribution in [1.29, 1.82) is 0 Å². The number of hydrogen-bond acceptors (Lipinski definition) is 7. The molecule has 2 aromatic rings. The number of hydrogen-bond donors (Lipinski definition) is 2. The van der Waals surface area contributed by atoms with Crippen molar-refractivity contribution in [2.45, 2.75) is 43.7 Å². The Bertz CT molecular complexity index is 1050. The maximum atomic E-state index is 13.4. The molecule has 0 saturated carbocycles. The fourth-order valence-corrected chi connectivity index (χ4v) is 5.86. The summed E-state index contributed by atoms with van der Waals surface area (Å²) in [6.07, 6.45) is 3.70. The Balaban J connectivity index is 1.24. The van der Waals surface area contributed by atoms with Crippen molar-refractivity contribution in [1.82, 2.24) is 4.90 Å². The number of halogens is 1. The van der Waals surface area contributed by atoms with Crippen LogP contribution in [0, 0.1) is 5.92 Å². The van der Waals surface area contributed by atoms with Crippen LogP contribution in [-0.2, 0) is 30.2 Å². The highest BCUT2D eigenvalue weighted by Crippen LogP contribution is 2.46. The van der Waals surface area contributed by atoms with Crippen LogP contribution in [0.4, 0.5) is 5.69 Å². The largest absolute Gasteiger partial charge is 0.465 e. The normalized spacial score (nSPS) is 22.8. The minimum Gasteiger partial charge on any atom is -0.465 e. The van der Waals surface area contributed by atoms with Gasteiger partial charge in [0.25, 0.3) is 0 Å². The molecule has 206 valence electrons. The topological polar surface area (TPSA) is 77.1 Å². The summed E-state index contributed by atoms with van der Waals surface area (Å²) in [7, 11) is 2.13. The van der Waals surface area contributed by atoms with Gasteiger partial charge in [0.15, 0.2) is 0 Å². The van der Waals surface area contributed by atoms with Gasteiger partial charge in [0.2, 0.25) is 5.91 Å². The smallest absolute Gasteiger partial charge is 0.311 e. The van der Waals surface area contributed by atoms with E-state index in [0.29, 0.717) is 55.4 Å². The molecule has 2 aliphatic rings. The Morgan fingerprint density at radius 2 is 1.74 bits per heavy atom. The second kappa shape index (κ2) is 14.3. The van der Waals surface area contributed by atoms with Crippen LogP contribution < -0.4 is 5.32 Å². The van der Waals surface area contributed by atoms with E-state index in [1.807, 2.05) is 48.5 Å². The number of carbonyl (C=O) groups excluding carboxylic acids is 2. The predicted octanol–water partition coefficient (Wildman–Crippen LogP) is 4.59. The maximum Gasteiger partial charge on any atom is 0.311 e. The van der Waals surface area contributed by atoms with Crippen molar-refractivity contribution in [3.8, 4) is 0 Å². The number of nitrogens with zero attached hydrogens (tertiary/aromatic N) is 1. The number of esters is 1. The Morgan fingerprint density at radius 3 is 2.47 bits per heavy atom. The second-order valence-electron chi connectivity index (χ2n) is 9.93. The van der Waals surface area contributed by atoms with Crippen LogP contribution in [0.5, 0.6) is 0 Å². The zero-order chi connectivity index (χ0) is 26.9. The highest BCUT2D eigenvalue weighted by atomic mass is 35.5. The van der Waals surface area contributed by atoms with Crippen LogP contribution in [0.2, 0.25) is 5.02 Å². The van der Waals surface area contributed by atoms with Gasteiger partial charge in [-0.25, -0.2) is 0 Å². The molecule has 4 atom stereocenters. The molecule has 38 heavy (non-hydrogen) atoms. The van der Waals surface area contributed by atoms with E-state index in [1.54, 1.807) is 0 Å². The van der Waals surface area contributed by atoms with Crippen molar-refractivity contribution in [2.75, 3.05) is 51.2 Å². The average Bonchev–Trinajstić information content (AvgIpc) is 3.14. The molecule has 1 N–H and O–H groups in total. The number of piperidine rings is 1. The molecule has 4 rings (SSSR count). The average molecular weight is 561 g/mol. The van der Waals surface area contributed by atoms with Gasteiger partial charge in [-0.15, -0.1) is 0 Å². The van der Waals surface area contributed by atoms with E-state index >= 15 is 0 Å². The summed E-state index contributed by atoms with van der Waals surface area (Å²) >= 11 is 10.2. The molecule has 2 fully saturated rings. The van der Waals surface area contributed by atoms with Crippen LogP contribution in [0.25, 0.3) is 0 Å². The predicted molar refractivity (Wildman–Crippen MR) is 152 cm³/mol. The van der Waals surface area contributed by atoms with E-state index in [2.05, 4.69) is 29.9 Å². The van der Waals surface area contributed by atoms with Crippen molar-refractivity contribution >= 4 is 41.8 Å². The molecule has 4 unspecified atom stereocenters. The summed E-state index contributed by atoms with van der Waals surface area (Å²) in [6.45, 7) is 1.65. The van der Waals surface area contributed by atoms with Gasteiger partial charge in [0.1, 0.15) is 6.61 Å². The Labute approximate surface area is 235 Å². The first-order chi connectivity index (χ1) is 18.5. The molecule has 2 bridgehead atoms. The highest BCUT2D eigenvalue weighted by molar-refractivity contribution is 7.80. The van der Waals surface area contributed by atoms with E-state index in [-0.39, 0.29) is 36.4 Å². The molecule has 0 radical (unpaired) electrons. The molecule has 1 amide bonds. The van der Waals surface area contributed by atoms with Gasteiger partial charge in [-0.1, -0.05) is 35.9 Å². The molecular formula is C29H37ClN2O5S. The fraction of sp³-hybridized carbons (Fsp3) is 0.517. The van der Waals surface area contributed by atoms with Gasteiger partial charge < -0.3 is 19.5 Å². The molecular weight excluding hydrogens is 524 g/mol. The lowest BCUT2D eigenvalue weighted by Crippen LogP contribution is -2.49. The molecule has 7 nitrogen and oxygen atoms in total. The summed E-state index contributed by atoms with van der Waals surface area (Å²) in [5.74, 6) is 0.266. The third-order valence-electron chi connectivity index (χ3n) is 7.55. The van der Waals surface area contributed by atoms with E-state index in [4.69, 9.17) is 25.8 Å². The van der Waals surface area contributed by atoms with Gasteiger partial charge in [0.05, 0.1) is 32.3 Å². The Morgan fingerprint density at radius 1 is 1.00 bits per heavy atom. The molecule has 2 aromatic carbocycles. The maximum absolute atomic E-state index is 13.4. The molecule has 2 heterocycles. The monoisotopic (exact) mass is 560 g/mol. The summed E-state index contributed by atoms with van der Waals surface area (Å²) in [6, 6.07) is 16.2. The number of carbonyl (C=O) groups is 2. The van der Waals surface area contributed by atoms with Crippen molar-refractivity contribution in [2.24, 2.45) is 5.92 Å². The fourth-order valence-electron chi connectivity index (χ4n) is 5.61. The number of ether oxygens (including phenoxy) is 3. The number of fused-ring (bicyclic) bond motifs is 2. The first kappa shape index (κ1) is 28.9. The highest BCUT2D eigenvalue weighted by Gasteiger charge is 2.49. The van der Waals surface area contributed by atoms with Gasteiger partial charge in [-0.3, -0.25) is 14.5 Å². The quantitative estimate of drug-likeness (QED) is 0.212. The number of rotatable bonds is 13. The van der Waals surface area contributed by atoms with Crippen LogP contribution in [0.15, 0.2) is 48.5 Å². The molecule has 0 spiro atoms. The van der Waals surface area contributed by atoms with Gasteiger partial charge in [-0.2, -0.15) is 12.6 Å². The summed E-state index contributed by atoms with van der Waals surface area (Å²) in [4.78, 5) is 27.8. The molecule has 0 aromatic heterocycles. The lowest BCUT2D eigenvalue weighted by atomic mass is 9.76. The number of nitrogens with one attached hydrogen (secondary N) is 1. The zero-order valence-electron chi connectivity index (χ0n) is 21.8. The molecule has 9 heteroatoms. The van der Waals surface area contributed by atoms with Crippen LogP contribution in [0.1, 0.15) is 36.3 Å². The van der Waals surface area contributed by atoms with Crippen LogP contribution >= 0.6 is 24.2 Å². The number of amides is 1. The summed E-state index contributed by atoms with van der Waals surface area (Å²) < 4.78 is 16.4. The van der Waals surface area contributed by atoms with E-state index < -0.39 is 0 Å². The van der Waals surface area contributed by atoms with Gasteiger partial charge in [-0.05, 0) is 61.7 Å². The first-order valence-corrected chi connectivity index (χ1v) is 14.3. The Kier molecular flexibility index (Phi) is 10.9. The summed E-state index contributed by atoms with van der Waals surface area (Å²) in [5, 5.41) is 3.52. The lowest BCUT2D eigenvalue weighted by Gasteiger charge is -2.42. The van der Waals surface area contributed by atoms with Crippen LogP contribution in [0.3, 0.4) is 0 Å². The van der Waals surface area contributed by atoms with E-state index in [1.165, 1.54) is 0 Å². The van der Waals surface area contributed by atoms with E-state index in [0.717, 1.165) is 30.4 Å². The molecule has 0 aliphatic carbocycles. The minimum atomic E-state index is -0.220. The van der Waals surface area contributed by atoms with Gasteiger partial charge in [0, 0.05) is 40.9 Å². The van der Waals surface area contributed by atoms with Crippen molar-refractivity contribution in [3.63, 3.8) is 0 Å². The standard InChI is InChI=1S/C29H37ClN2O5S/c1-32-24-10-11-26(32)28(25(18-24)21-4-6-22(30)7-5-21)29(34)37-13-12-20-2-8-23(9-3-20)31-27(33)19-36-15-14-35-16-17-38/h2-9,24-26,28,38H,10-19H2,1H3,(H,31,33). The number of benzene rings is 2. The number of anilines is 1. The third-order valence-corrected chi connectivity index (χ3v) is 7.99. The Hall–Kier alpha value is -2.10. The lowest BCUT2D eigenvalue weighted by molar-refractivity contribution is -0.153. The van der Waals surface area contributed by atoms with Crippen LogP contribution in [-0.4, -0.2) is 74.7 Å².